The van der Waals surface area contributed by atoms with Gasteiger partial charge in [-0.25, -0.2) is 0 Å². The predicted octanol–water partition coefficient (Wildman–Crippen LogP) is 13.2. The SMILES string of the molecule is c1ccc(-c2cc3c(c(-c4ccccc4)c2)N(B2c4ccccc4-n4c5ccccc5c5cccc2c54)c2c(cc(-c4ccccc4)cc2-c2ccccc2)S3)cc1. The molecule has 0 fully saturated rings. The van der Waals surface area contributed by atoms with Crippen LogP contribution in [0.4, 0.5) is 11.4 Å². The molecule has 1 aromatic heterocycles. The summed E-state index contributed by atoms with van der Waals surface area (Å²) in [5.41, 5.74) is 18.5. The highest BCUT2D eigenvalue weighted by Crippen LogP contribution is 2.57. The lowest BCUT2D eigenvalue weighted by Crippen LogP contribution is -2.59. The zero-order valence-corrected chi connectivity index (χ0v) is 32.4. The van der Waals surface area contributed by atoms with Gasteiger partial charge in [0.25, 0.3) is 0 Å². The van der Waals surface area contributed by atoms with Crippen LogP contribution in [0, 0.1) is 0 Å². The van der Waals surface area contributed by atoms with E-state index in [9.17, 15) is 0 Å². The van der Waals surface area contributed by atoms with E-state index in [0.717, 1.165) is 0 Å². The smallest absolute Gasteiger partial charge is 0.332 e. The minimum absolute atomic E-state index is 0.134. The molecule has 270 valence electrons. The van der Waals surface area contributed by atoms with Crippen LogP contribution in [0.5, 0.6) is 0 Å². The number of hydrogen-bond acceptors (Lipinski definition) is 2. The fourth-order valence-electron chi connectivity index (χ4n) is 9.51. The van der Waals surface area contributed by atoms with Gasteiger partial charge in [-0.15, -0.1) is 0 Å². The summed E-state index contributed by atoms with van der Waals surface area (Å²) in [6.45, 7) is -0.134. The van der Waals surface area contributed by atoms with Crippen LogP contribution in [-0.4, -0.2) is 11.4 Å². The van der Waals surface area contributed by atoms with Crippen LogP contribution >= 0.6 is 11.8 Å². The zero-order chi connectivity index (χ0) is 38.2. The van der Waals surface area contributed by atoms with E-state index in [4.69, 9.17) is 0 Å². The Balaban J connectivity index is 1.24. The molecule has 9 aromatic carbocycles. The van der Waals surface area contributed by atoms with Crippen molar-refractivity contribution in [1.82, 2.24) is 4.57 Å². The van der Waals surface area contributed by atoms with Gasteiger partial charge in [0.15, 0.2) is 0 Å². The van der Waals surface area contributed by atoms with E-state index < -0.39 is 0 Å². The third-order valence-corrected chi connectivity index (χ3v) is 13.0. The molecule has 2 nitrogen and oxygen atoms in total. The second-order valence-electron chi connectivity index (χ2n) is 15.2. The van der Waals surface area contributed by atoms with E-state index in [0.29, 0.717) is 0 Å². The fourth-order valence-corrected chi connectivity index (χ4v) is 10.7. The molecule has 58 heavy (non-hydrogen) atoms. The summed E-state index contributed by atoms with van der Waals surface area (Å²) in [5, 5.41) is 2.56. The molecule has 0 unspecified atom stereocenters. The average Bonchev–Trinajstić information content (AvgIpc) is 3.64. The largest absolute Gasteiger partial charge is 0.374 e. The lowest BCUT2D eigenvalue weighted by molar-refractivity contribution is 1.17. The minimum atomic E-state index is -0.134. The fraction of sp³-hybridized carbons (Fsp3) is 0. The Labute approximate surface area is 342 Å². The van der Waals surface area contributed by atoms with Gasteiger partial charge in [0.1, 0.15) is 0 Å². The second kappa shape index (κ2) is 13.3. The minimum Gasteiger partial charge on any atom is -0.374 e. The summed E-state index contributed by atoms with van der Waals surface area (Å²) in [4.78, 5) is 5.21. The van der Waals surface area contributed by atoms with E-state index in [1.807, 2.05) is 11.8 Å². The standard InChI is InChI=1S/C54H35BN2S/c1-5-18-36(19-6-1)40-32-44(38-22-9-3-10-23-38)53-50(34-40)58-51-35-41(37-20-7-2-8-21-37)33-45(39-24-11-4-12-25-39)54(51)57(53)55-46-28-14-16-31-49(46)56-48-30-15-13-26-42(48)43-27-17-29-47(55)52(43)56/h1-35H. The molecule has 0 radical (unpaired) electrons. The van der Waals surface area contributed by atoms with E-state index in [1.165, 1.54) is 104 Å². The van der Waals surface area contributed by atoms with Crippen LogP contribution in [0.25, 0.3) is 72.0 Å². The maximum absolute atomic E-state index is 2.73. The highest BCUT2D eigenvalue weighted by atomic mass is 32.2. The number of hydrogen-bond donors (Lipinski definition) is 0. The maximum atomic E-state index is 2.73. The molecule has 0 saturated heterocycles. The van der Waals surface area contributed by atoms with Crippen molar-refractivity contribution in [3.8, 4) is 50.2 Å². The van der Waals surface area contributed by atoms with Crippen LogP contribution in [0.1, 0.15) is 0 Å². The molecule has 0 atom stereocenters. The molecule has 4 heteroatoms. The Morgan fingerprint density at radius 2 is 0.828 bits per heavy atom. The lowest BCUT2D eigenvalue weighted by atomic mass is 9.46. The predicted molar refractivity (Wildman–Crippen MR) is 247 cm³/mol. The normalized spacial score (nSPS) is 12.7. The van der Waals surface area contributed by atoms with Gasteiger partial charge in [0, 0.05) is 37.4 Å². The molecule has 0 amide bonds. The summed E-state index contributed by atoms with van der Waals surface area (Å²) >= 11 is 1.90. The molecule has 10 aromatic rings. The quantitative estimate of drug-likeness (QED) is 0.162. The Morgan fingerprint density at radius 3 is 1.41 bits per heavy atom. The molecule has 12 rings (SSSR count). The summed E-state index contributed by atoms with van der Waals surface area (Å²) in [6, 6.07) is 78.3. The number of benzene rings is 9. The summed E-state index contributed by atoms with van der Waals surface area (Å²) in [7, 11) is 0. The monoisotopic (exact) mass is 754 g/mol. The Hall–Kier alpha value is -7.01. The first-order valence-corrected chi connectivity index (χ1v) is 20.8. The van der Waals surface area contributed by atoms with Crippen molar-refractivity contribution in [1.29, 1.82) is 0 Å². The molecule has 3 heterocycles. The summed E-state index contributed by atoms with van der Waals surface area (Å²) in [6.07, 6.45) is 0. The molecular weight excluding hydrogens is 719 g/mol. The van der Waals surface area contributed by atoms with E-state index >= 15 is 0 Å². The Kier molecular flexibility index (Phi) is 7.60. The molecule has 0 bridgehead atoms. The molecule has 2 aliphatic heterocycles. The van der Waals surface area contributed by atoms with Crippen LogP contribution < -0.4 is 15.7 Å². The molecule has 0 saturated carbocycles. The number of rotatable bonds is 5. The molecule has 2 aliphatic rings. The molecule has 0 aliphatic carbocycles. The highest BCUT2D eigenvalue weighted by molar-refractivity contribution is 7.99. The van der Waals surface area contributed by atoms with E-state index in [-0.39, 0.29) is 6.85 Å². The number of nitrogens with zero attached hydrogens (tertiary/aromatic N) is 2. The first-order chi connectivity index (χ1) is 28.8. The van der Waals surface area contributed by atoms with Gasteiger partial charge in [0.2, 0.25) is 0 Å². The van der Waals surface area contributed by atoms with Crippen molar-refractivity contribution in [3.05, 3.63) is 212 Å². The number of fused-ring (bicyclic) bond motifs is 7. The van der Waals surface area contributed by atoms with Gasteiger partial charge in [-0.1, -0.05) is 188 Å². The lowest BCUT2D eigenvalue weighted by Gasteiger charge is -2.43. The molecular formula is C54H35BN2S. The van der Waals surface area contributed by atoms with Crippen LogP contribution in [-0.2, 0) is 0 Å². The summed E-state index contributed by atoms with van der Waals surface area (Å²) in [5.74, 6) is 0. The number of para-hydroxylation sites is 3. The number of anilines is 2. The molecule has 0 spiro atoms. The van der Waals surface area contributed by atoms with Crippen LogP contribution in [0.2, 0.25) is 0 Å². The summed E-state index contributed by atoms with van der Waals surface area (Å²) < 4.78 is 2.51. The van der Waals surface area contributed by atoms with Crippen molar-refractivity contribution in [2.24, 2.45) is 0 Å². The van der Waals surface area contributed by atoms with Crippen molar-refractivity contribution in [2.75, 3.05) is 4.81 Å². The second-order valence-corrected chi connectivity index (χ2v) is 16.3. The van der Waals surface area contributed by atoms with Gasteiger partial charge in [-0.2, -0.15) is 0 Å². The van der Waals surface area contributed by atoms with Gasteiger partial charge in [0.05, 0.1) is 22.4 Å². The Morgan fingerprint density at radius 1 is 0.362 bits per heavy atom. The first kappa shape index (κ1) is 33.2. The average molecular weight is 755 g/mol. The zero-order valence-electron chi connectivity index (χ0n) is 31.6. The maximum Gasteiger partial charge on any atom is 0.332 e. The van der Waals surface area contributed by atoms with E-state index in [2.05, 4.69) is 222 Å². The topological polar surface area (TPSA) is 8.17 Å². The van der Waals surface area contributed by atoms with Crippen LogP contribution in [0.15, 0.2) is 222 Å². The molecule has 0 N–H and O–H groups in total. The van der Waals surface area contributed by atoms with Gasteiger partial charge in [-0.3, -0.25) is 0 Å². The first-order valence-electron chi connectivity index (χ1n) is 20.0. The van der Waals surface area contributed by atoms with Gasteiger partial charge in [-0.05, 0) is 80.7 Å². The number of aromatic nitrogens is 1. The van der Waals surface area contributed by atoms with Crippen LogP contribution in [0.3, 0.4) is 0 Å². The third kappa shape index (κ3) is 5.08. The van der Waals surface area contributed by atoms with Gasteiger partial charge >= 0.3 is 6.85 Å². The third-order valence-electron chi connectivity index (χ3n) is 12.0. The Bertz CT molecular complexity index is 3060. The van der Waals surface area contributed by atoms with Crippen molar-refractivity contribution in [3.63, 3.8) is 0 Å². The van der Waals surface area contributed by atoms with Crippen molar-refractivity contribution >= 4 is 62.7 Å². The van der Waals surface area contributed by atoms with Crippen molar-refractivity contribution in [2.45, 2.75) is 9.79 Å². The van der Waals surface area contributed by atoms with Crippen molar-refractivity contribution < 1.29 is 0 Å². The van der Waals surface area contributed by atoms with E-state index in [1.54, 1.807) is 0 Å². The van der Waals surface area contributed by atoms with Gasteiger partial charge < -0.3 is 9.38 Å². The highest BCUT2D eigenvalue weighted by Gasteiger charge is 2.43.